The maximum Gasteiger partial charge on any atom is 0.282 e. The Hall–Kier alpha value is -4.02. The standard InChI is InChI=1S/C20H18F2N8O/c1-12(2)29-11-24-27-19(29)15-6-3-7-16(25-15)26-20(31)14-10-30(28-17(14)18(21)22)13-5-4-8-23-9-13/h3-12,18H,1-2H3,(H,25,26,31). The lowest BCUT2D eigenvalue weighted by Gasteiger charge is -2.10. The monoisotopic (exact) mass is 424 g/mol. The molecule has 0 aliphatic heterocycles. The van der Waals surface area contributed by atoms with Crippen molar-refractivity contribution in [3.05, 3.63) is 66.5 Å². The molecule has 1 amide bonds. The molecule has 0 aliphatic carbocycles. The quantitative estimate of drug-likeness (QED) is 0.506. The predicted molar refractivity (Wildman–Crippen MR) is 108 cm³/mol. The predicted octanol–water partition coefficient (Wildman–Crippen LogP) is 3.69. The highest BCUT2D eigenvalue weighted by atomic mass is 19.3. The van der Waals surface area contributed by atoms with Crippen LogP contribution in [0, 0.1) is 0 Å². The summed E-state index contributed by atoms with van der Waals surface area (Å²) in [4.78, 5) is 21.1. The van der Waals surface area contributed by atoms with Crippen LogP contribution in [-0.2, 0) is 0 Å². The Morgan fingerprint density at radius 1 is 1.16 bits per heavy atom. The van der Waals surface area contributed by atoms with Crippen LogP contribution in [-0.4, -0.2) is 40.4 Å². The number of nitrogens with zero attached hydrogens (tertiary/aromatic N) is 7. The Morgan fingerprint density at radius 2 is 2.00 bits per heavy atom. The van der Waals surface area contributed by atoms with E-state index in [1.807, 2.05) is 18.4 Å². The molecule has 31 heavy (non-hydrogen) atoms. The minimum absolute atomic E-state index is 0.108. The Kier molecular flexibility index (Phi) is 5.48. The van der Waals surface area contributed by atoms with Gasteiger partial charge in [0.05, 0.1) is 17.4 Å². The summed E-state index contributed by atoms with van der Waals surface area (Å²) in [6, 6.07) is 8.37. The van der Waals surface area contributed by atoms with Gasteiger partial charge >= 0.3 is 0 Å². The van der Waals surface area contributed by atoms with Crippen molar-refractivity contribution in [2.45, 2.75) is 26.3 Å². The van der Waals surface area contributed by atoms with Gasteiger partial charge in [0.25, 0.3) is 12.3 Å². The summed E-state index contributed by atoms with van der Waals surface area (Å²) in [6.07, 6.45) is 2.91. The topological polar surface area (TPSA) is 103 Å². The van der Waals surface area contributed by atoms with Gasteiger partial charge in [-0.05, 0) is 38.1 Å². The summed E-state index contributed by atoms with van der Waals surface area (Å²) in [7, 11) is 0. The maximum absolute atomic E-state index is 13.5. The number of hydrogen-bond donors (Lipinski definition) is 1. The van der Waals surface area contributed by atoms with E-state index in [0.29, 0.717) is 17.2 Å². The average Bonchev–Trinajstić information content (AvgIpc) is 3.42. The fourth-order valence-corrected chi connectivity index (χ4v) is 2.96. The van der Waals surface area contributed by atoms with Crippen LogP contribution in [0.15, 0.2) is 55.2 Å². The van der Waals surface area contributed by atoms with E-state index in [9.17, 15) is 13.6 Å². The summed E-state index contributed by atoms with van der Waals surface area (Å²) >= 11 is 0. The zero-order valence-electron chi connectivity index (χ0n) is 16.6. The van der Waals surface area contributed by atoms with E-state index < -0.39 is 18.0 Å². The number of carbonyl (C=O) groups is 1. The number of hydrogen-bond acceptors (Lipinski definition) is 6. The van der Waals surface area contributed by atoms with Crippen LogP contribution in [0.25, 0.3) is 17.2 Å². The van der Waals surface area contributed by atoms with Crippen molar-refractivity contribution in [1.29, 1.82) is 0 Å². The molecular formula is C20H18F2N8O. The summed E-state index contributed by atoms with van der Waals surface area (Å²) < 4.78 is 30.1. The van der Waals surface area contributed by atoms with E-state index in [1.165, 1.54) is 17.1 Å². The zero-order valence-corrected chi connectivity index (χ0v) is 16.6. The number of alkyl halides is 2. The van der Waals surface area contributed by atoms with Crippen molar-refractivity contribution >= 4 is 11.7 Å². The molecule has 4 aromatic heterocycles. The molecule has 4 rings (SSSR count). The molecular weight excluding hydrogens is 406 g/mol. The van der Waals surface area contributed by atoms with E-state index in [4.69, 9.17) is 0 Å². The van der Waals surface area contributed by atoms with Gasteiger partial charge in [-0.1, -0.05) is 6.07 Å². The molecule has 0 aliphatic rings. The van der Waals surface area contributed by atoms with Crippen molar-refractivity contribution in [3.8, 4) is 17.2 Å². The van der Waals surface area contributed by atoms with Gasteiger partial charge in [-0.15, -0.1) is 10.2 Å². The minimum atomic E-state index is -2.93. The second-order valence-corrected chi connectivity index (χ2v) is 6.90. The number of anilines is 1. The summed E-state index contributed by atoms with van der Waals surface area (Å²) in [5, 5.41) is 14.4. The van der Waals surface area contributed by atoms with Gasteiger partial charge in [0.2, 0.25) is 0 Å². The molecule has 0 saturated carbocycles. The van der Waals surface area contributed by atoms with Crippen LogP contribution in [0.1, 0.15) is 42.4 Å². The molecule has 0 atom stereocenters. The molecule has 0 unspecified atom stereocenters. The summed E-state index contributed by atoms with van der Waals surface area (Å²) in [6.45, 7) is 3.95. The van der Waals surface area contributed by atoms with Crippen LogP contribution in [0.3, 0.4) is 0 Å². The number of carbonyl (C=O) groups excluding carboxylic acids is 1. The van der Waals surface area contributed by atoms with E-state index in [0.717, 1.165) is 0 Å². The number of nitrogens with one attached hydrogen (secondary N) is 1. The van der Waals surface area contributed by atoms with Crippen LogP contribution in [0.4, 0.5) is 14.6 Å². The number of pyridine rings is 2. The lowest BCUT2D eigenvalue weighted by molar-refractivity contribution is 0.101. The normalized spacial score (nSPS) is 11.3. The lowest BCUT2D eigenvalue weighted by Crippen LogP contribution is -2.15. The van der Waals surface area contributed by atoms with Crippen LogP contribution < -0.4 is 5.32 Å². The van der Waals surface area contributed by atoms with Gasteiger partial charge in [0.1, 0.15) is 23.5 Å². The molecule has 0 saturated heterocycles. The molecule has 0 fully saturated rings. The van der Waals surface area contributed by atoms with E-state index in [1.54, 1.807) is 42.9 Å². The Bertz CT molecular complexity index is 1200. The molecule has 0 aromatic carbocycles. The lowest BCUT2D eigenvalue weighted by atomic mass is 10.2. The first-order valence-electron chi connectivity index (χ1n) is 9.40. The molecule has 4 heterocycles. The molecule has 4 aromatic rings. The second kappa shape index (κ2) is 8.38. The van der Waals surface area contributed by atoms with Crippen molar-refractivity contribution in [2.24, 2.45) is 0 Å². The third-order valence-electron chi connectivity index (χ3n) is 4.45. The van der Waals surface area contributed by atoms with E-state index in [-0.39, 0.29) is 17.4 Å². The van der Waals surface area contributed by atoms with Crippen LogP contribution >= 0.6 is 0 Å². The number of halogens is 2. The zero-order chi connectivity index (χ0) is 22.0. The van der Waals surface area contributed by atoms with Gasteiger partial charge in [0, 0.05) is 18.4 Å². The van der Waals surface area contributed by atoms with E-state index >= 15 is 0 Å². The molecule has 1 N–H and O–H groups in total. The highest BCUT2D eigenvalue weighted by molar-refractivity contribution is 6.04. The van der Waals surface area contributed by atoms with Gasteiger partial charge in [-0.25, -0.2) is 18.4 Å². The maximum atomic E-state index is 13.5. The molecule has 0 bridgehead atoms. The third kappa shape index (κ3) is 4.15. The highest BCUT2D eigenvalue weighted by Crippen LogP contribution is 2.24. The third-order valence-corrected chi connectivity index (χ3v) is 4.45. The largest absolute Gasteiger partial charge is 0.310 e. The van der Waals surface area contributed by atoms with Crippen molar-refractivity contribution in [2.75, 3.05) is 5.32 Å². The van der Waals surface area contributed by atoms with Gasteiger partial charge in [0.15, 0.2) is 5.82 Å². The first kappa shape index (κ1) is 20.3. The van der Waals surface area contributed by atoms with Crippen LogP contribution in [0.2, 0.25) is 0 Å². The first-order chi connectivity index (χ1) is 14.9. The number of amides is 1. The van der Waals surface area contributed by atoms with E-state index in [2.05, 4.69) is 30.6 Å². The molecule has 9 nitrogen and oxygen atoms in total. The first-order valence-corrected chi connectivity index (χ1v) is 9.40. The molecule has 0 spiro atoms. The Balaban J connectivity index is 1.63. The SMILES string of the molecule is CC(C)n1cnnc1-c1cccc(NC(=O)c2cn(-c3cccnc3)nc2C(F)F)n1. The van der Waals surface area contributed by atoms with Gasteiger partial charge < -0.3 is 9.88 Å². The molecule has 0 radical (unpaired) electrons. The molecule has 158 valence electrons. The Morgan fingerprint density at radius 3 is 2.71 bits per heavy atom. The van der Waals surface area contributed by atoms with Crippen molar-refractivity contribution < 1.29 is 13.6 Å². The van der Waals surface area contributed by atoms with Crippen molar-refractivity contribution in [3.63, 3.8) is 0 Å². The van der Waals surface area contributed by atoms with Gasteiger partial charge in [-0.3, -0.25) is 9.78 Å². The van der Waals surface area contributed by atoms with Crippen LogP contribution in [0.5, 0.6) is 0 Å². The Labute approximate surface area is 175 Å². The van der Waals surface area contributed by atoms with Crippen molar-refractivity contribution in [1.82, 2.24) is 34.5 Å². The smallest absolute Gasteiger partial charge is 0.282 e. The van der Waals surface area contributed by atoms with Gasteiger partial charge in [-0.2, -0.15) is 5.10 Å². The summed E-state index contributed by atoms with van der Waals surface area (Å²) in [5.41, 5.74) is 0.0641. The summed E-state index contributed by atoms with van der Waals surface area (Å²) in [5.74, 6) is -0.0284. The molecule has 11 heteroatoms. The fourth-order valence-electron chi connectivity index (χ4n) is 2.96. The number of aromatic nitrogens is 7. The second-order valence-electron chi connectivity index (χ2n) is 6.90. The highest BCUT2D eigenvalue weighted by Gasteiger charge is 2.24. The minimum Gasteiger partial charge on any atom is -0.310 e. The number of rotatable bonds is 6. The fraction of sp³-hybridized carbons (Fsp3) is 0.200. The average molecular weight is 424 g/mol.